The van der Waals surface area contributed by atoms with Crippen LogP contribution in [0.15, 0.2) is 0 Å². The largest absolute Gasteiger partial charge is 0.179 e. The Bertz CT molecular complexity index is 348. The first-order chi connectivity index (χ1) is 9.40. The average Bonchev–Trinajstić information content (AvgIpc) is 3.17. The Morgan fingerprint density at radius 2 is 1.42 bits per heavy atom. The van der Waals surface area contributed by atoms with E-state index in [1.165, 1.54) is 60.2 Å². The highest BCUT2D eigenvalue weighted by atomic mass is 32.1. The van der Waals surface area contributed by atoms with E-state index in [1.807, 2.05) is 0 Å². The monoisotopic (exact) mass is 276 g/mol. The van der Waals surface area contributed by atoms with Gasteiger partial charge in [-0.2, -0.15) is 12.6 Å². The molecule has 0 N–H and O–H groups in total. The fourth-order valence-corrected chi connectivity index (χ4v) is 8.42. The van der Waals surface area contributed by atoms with Crippen molar-refractivity contribution in [2.24, 2.45) is 53.3 Å². The third-order valence-electron chi connectivity index (χ3n) is 8.23. The van der Waals surface area contributed by atoms with Crippen LogP contribution < -0.4 is 0 Å². The van der Waals surface area contributed by atoms with Crippen LogP contribution in [0.25, 0.3) is 0 Å². The molecular weight excluding hydrogens is 248 g/mol. The van der Waals surface area contributed by atoms with Crippen molar-refractivity contribution in [2.75, 3.05) is 5.75 Å². The van der Waals surface area contributed by atoms with Gasteiger partial charge in [0.05, 0.1) is 0 Å². The Hall–Kier alpha value is 0.350. The highest BCUT2D eigenvalue weighted by Crippen LogP contribution is 2.75. The molecule has 0 heterocycles. The van der Waals surface area contributed by atoms with E-state index in [0.717, 1.165) is 11.7 Å². The van der Waals surface area contributed by atoms with E-state index in [2.05, 4.69) is 12.6 Å². The zero-order valence-electron chi connectivity index (χ0n) is 12.0. The van der Waals surface area contributed by atoms with Gasteiger partial charge in [-0.3, -0.25) is 0 Å². The second-order valence-electron chi connectivity index (χ2n) is 8.43. The molecular formula is C18H28S. The molecule has 0 nitrogen and oxygen atoms in total. The predicted molar refractivity (Wildman–Crippen MR) is 82.2 cm³/mol. The minimum Gasteiger partial charge on any atom is -0.179 e. The van der Waals surface area contributed by atoms with E-state index in [1.54, 1.807) is 38.5 Å². The summed E-state index contributed by atoms with van der Waals surface area (Å²) in [7, 11) is 0. The molecule has 0 saturated heterocycles. The van der Waals surface area contributed by atoms with Crippen molar-refractivity contribution >= 4 is 12.6 Å². The van der Waals surface area contributed by atoms with Crippen LogP contribution in [0, 0.1) is 53.3 Å². The topological polar surface area (TPSA) is 0 Å². The van der Waals surface area contributed by atoms with E-state index in [9.17, 15) is 0 Å². The van der Waals surface area contributed by atoms with Crippen molar-refractivity contribution in [1.29, 1.82) is 0 Å². The molecule has 8 unspecified atom stereocenters. The lowest BCUT2D eigenvalue weighted by Crippen LogP contribution is -2.35. The number of rotatable bonds is 3. The first kappa shape index (κ1) is 12.0. The van der Waals surface area contributed by atoms with Crippen LogP contribution in [0.2, 0.25) is 0 Å². The van der Waals surface area contributed by atoms with Crippen LogP contribution in [0.4, 0.5) is 0 Å². The molecule has 0 amide bonds. The normalized spacial score (nSPS) is 60.8. The lowest BCUT2D eigenvalue weighted by molar-refractivity contribution is 0.0716. The quantitative estimate of drug-likeness (QED) is 0.563. The maximum atomic E-state index is 4.48. The second-order valence-corrected chi connectivity index (χ2v) is 8.88. The summed E-state index contributed by atoms with van der Waals surface area (Å²) < 4.78 is 0. The molecule has 0 aliphatic heterocycles. The molecule has 0 aromatic rings. The van der Waals surface area contributed by atoms with Gasteiger partial charge in [-0.25, -0.2) is 0 Å². The molecule has 5 rings (SSSR count). The van der Waals surface area contributed by atoms with Crippen molar-refractivity contribution in [3.8, 4) is 0 Å². The maximum Gasteiger partial charge on any atom is -0.00978 e. The lowest BCUT2D eigenvalue weighted by Gasteiger charge is -2.40. The molecule has 0 radical (unpaired) electrons. The van der Waals surface area contributed by atoms with Crippen molar-refractivity contribution < 1.29 is 0 Å². The van der Waals surface area contributed by atoms with Gasteiger partial charge in [0.15, 0.2) is 0 Å². The Morgan fingerprint density at radius 1 is 0.789 bits per heavy atom. The highest BCUT2D eigenvalue weighted by Gasteiger charge is 2.69. The molecule has 8 atom stereocenters. The smallest absolute Gasteiger partial charge is 0.00978 e. The molecule has 1 heteroatoms. The Balaban J connectivity index is 1.50. The van der Waals surface area contributed by atoms with E-state index < -0.39 is 0 Å². The van der Waals surface area contributed by atoms with E-state index in [4.69, 9.17) is 0 Å². The molecule has 5 fully saturated rings. The van der Waals surface area contributed by atoms with Gasteiger partial charge in [-0.15, -0.1) is 0 Å². The summed E-state index contributed by atoms with van der Waals surface area (Å²) in [6.45, 7) is 0. The number of thiol groups is 1. The predicted octanol–water partition coefficient (Wildman–Crippen LogP) is 4.65. The van der Waals surface area contributed by atoms with E-state index >= 15 is 0 Å². The zero-order chi connectivity index (χ0) is 12.6. The van der Waals surface area contributed by atoms with Gasteiger partial charge in [0, 0.05) is 0 Å². The zero-order valence-corrected chi connectivity index (χ0v) is 12.9. The van der Waals surface area contributed by atoms with E-state index in [-0.39, 0.29) is 0 Å². The SMILES string of the molecule is SCCCC1C2C3CCCC3C1C1C3CCC(C3)C21. The van der Waals surface area contributed by atoms with Crippen LogP contribution >= 0.6 is 12.6 Å². The first-order valence-corrected chi connectivity index (χ1v) is 9.64. The van der Waals surface area contributed by atoms with Crippen LogP contribution in [0.1, 0.15) is 51.4 Å². The van der Waals surface area contributed by atoms with Gasteiger partial charge < -0.3 is 0 Å². The Labute approximate surface area is 123 Å². The van der Waals surface area contributed by atoms with Crippen molar-refractivity contribution in [1.82, 2.24) is 0 Å². The third-order valence-corrected chi connectivity index (χ3v) is 8.55. The summed E-state index contributed by atoms with van der Waals surface area (Å²) in [5.74, 6) is 11.7. The van der Waals surface area contributed by atoms with Crippen molar-refractivity contribution in [3.05, 3.63) is 0 Å². The minimum absolute atomic E-state index is 1.12. The minimum atomic E-state index is 1.12. The molecule has 0 aromatic heterocycles. The van der Waals surface area contributed by atoms with Crippen molar-refractivity contribution in [2.45, 2.75) is 51.4 Å². The number of fused-ring (bicyclic) bond motifs is 12. The summed E-state index contributed by atoms with van der Waals surface area (Å²) in [4.78, 5) is 0. The van der Waals surface area contributed by atoms with Gasteiger partial charge in [-0.1, -0.05) is 6.42 Å². The first-order valence-electron chi connectivity index (χ1n) is 9.01. The van der Waals surface area contributed by atoms with Gasteiger partial charge in [0.2, 0.25) is 0 Å². The fraction of sp³-hybridized carbons (Fsp3) is 1.00. The maximum absolute atomic E-state index is 4.48. The van der Waals surface area contributed by atoms with Crippen LogP contribution in [-0.2, 0) is 0 Å². The van der Waals surface area contributed by atoms with Crippen molar-refractivity contribution in [3.63, 3.8) is 0 Å². The van der Waals surface area contributed by atoms with Crippen LogP contribution in [0.3, 0.4) is 0 Å². The van der Waals surface area contributed by atoms with Crippen LogP contribution in [0.5, 0.6) is 0 Å². The molecule has 4 bridgehead atoms. The summed E-state index contributed by atoms with van der Waals surface area (Å²) in [6.07, 6.45) is 12.5. The number of hydrogen-bond donors (Lipinski definition) is 1. The molecule has 106 valence electrons. The molecule has 0 spiro atoms. The Kier molecular flexibility index (Phi) is 2.63. The van der Waals surface area contributed by atoms with Gasteiger partial charge >= 0.3 is 0 Å². The summed E-state index contributed by atoms with van der Waals surface area (Å²) in [5.41, 5.74) is 0. The van der Waals surface area contributed by atoms with Crippen LogP contribution in [-0.4, -0.2) is 5.75 Å². The second kappa shape index (κ2) is 4.18. The van der Waals surface area contributed by atoms with Gasteiger partial charge in [-0.05, 0) is 104 Å². The fourth-order valence-electron chi connectivity index (χ4n) is 8.24. The molecule has 5 aliphatic carbocycles. The summed E-state index contributed by atoms with van der Waals surface area (Å²) in [5, 5.41) is 0. The third kappa shape index (κ3) is 1.39. The summed E-state index contributed by atoms with van der Waals surface area (Å²) >= 11 is 4.48. The number of hydrogen-bond acceptors (Lipinski definition) is 1. The standard InChI is InChI=1S/C18H28S/c19-8-2-5-14-17-12-3-1-4-13(12)18(14)16-11-7-6-10(9-11)15(16)17/h10-19H,1-9H2. The molecule has 5 saturated carbocycles. The summed E-state index contributed by atoms with van der Waals surface area (Å²) in [6, 6.07) is 0. The average molecular weight is 276 g/mol. The van der Waals surface area contributed by atoms with Gasteiger partial charge in [0.25, 0.3) is 0 Å². The van der Waals surface area contributed by atoms with Gasteiger partial charge in [0.1, 0.15) is 0 Å². The molecule has 19 heavy (non-hydrogen) atoms. The molecule has 5 aliphatic rings. The van der Waals surface area contributed by atoms with E-state index in [0.29, 0.717) is 0 Å². The lowest BCUT2D eigenvalue weighted by atomic mass is 9.64. The molecule has 0 aromatic carbocycles. The highest BCUT2D eigenvalue weighted by molar-refractivity contribution is 7.80. The Morgan fingerprint density at radius 3 is 2.00 bits per heavy atom.